The molecule has 0 aliphatic rings. The number of nitrogens with one attached hydrogen (secondary N) is 1. The molecule has 2 aromatic carbocycles. The van der Waals surface area contributed by atoms with E-state index < -0.39 is 17.5 Å². The highest BCUT2D eigenvalue weighted by Crippen LogP contribution is 2.19. The van der Waals surface area contributed by atoms with E-state index in [-0.39, 0.29) is 17.1 Å². The third-order valence-electron chi connectivity index (χ3n) is 3.51. The second kappa shape index (κ2) is 6.72. The molecule has 25 heavy (non-hydrogen) atoms. The summed E-state index contributed by atoms with van der Waals surface area (Å²) in [5.74, 6) is -2.28. The molecule has 1 amide bonds. The molecule has 0 bridgehead atoms. The Bertz CT molecular complexity index is 943. The van der Waals surface area contributed by atoms with E-state index in [4.69, 9.17) is 0 Å². The molecule has 4 nitrogen and oxygen atoms in total. The minimum absolute atomic E-state index is 0.145. The van der Waals surface area contributed by atoms with Crippen molar-refractivity contribution in [3.63, 3.8) is 0 Å². The Kier molecular flexibility index (Phi) is 4.47. The Labute approximate surface area is 141 Å². The number of carbonyl (C=O) groups excluding carboxylic acids is 1. The SMILES string of the molecule is Cc1nc(-c2ccc(F)cc2)ncc1C(=O)Nc1ccc(F)cc1F. The molecule has 3 aromatic rings. The molecule has 0 unspecified atom stereocenters. The Morgan fingerprint density at radius 2 is 1.68 bits per heavy atom. The quantitative estimate of drug-likeness (QED) is 0.778. The molecule has 0 saturated heterocycles. The highest BCUT2D eigenvalue weighted by molar-refractivity contribution is 6.04. The van der Waals surface area contributed by atoms with Gasteiger partial charge in [0.05, 0.1) is 16.9 Å². The second-order valence-electron chi connectivity index (χ2n) is 5.28. The lowest BCUT2D eigenvalue weighted by atomic mass is 10.1. The van der Waals surface area contributed by atoms with E-state index in [9.17, 15) is 18.0 Å². The number of benzene rings is 2. The van der Waals surface area contributed by atoms with Gasteiger partial charge >= 0.3 is 0 Å². The molecule has 126 valence electrons. The number of aromatic nitrogens is 2. The van der Waals surface area contributed by atoms with Crippen molar-refractivity contribution in [1.82, 2.24) is 9.97 Å². The standard InChI is InChI=1S/C18H12F3N3O/c1-10-14(18(25)24-16-7-6-13(20)8-15(16)21)9-22-17(23-10)11-2-4-12(19)5-3-11/h2-9H,1H3,(H,24,25). The number of anilines is 1. The number of nitrogens with zero attached hydrogens (tertiary/aromatic N) is 2. The summed E-state index contributed by atoms with van der Waals surface area (Å²) in [5, 5.41) is 2.35. The maximum Gasteiger partial charge on any atom is 0.259 e. The molecule has 0 aliphatic carbocycles. The highest BCUT2D eigenvalue weighted by atomic mass is 19.1. The molecule has 0 radical (unpaired) electrons. The van der Waals surface area contributed by atoms with Crippen LogP contribution in [0.1, 0.15) is 16.1 Å². The molecular formula is C18H12F3N3O. The van der Waals surface area contributed by atoms with E-state index in [0.29, 0.717) is 23.1 Å². The molecule has 0 saturated carbocycles. The number of rotatable bonds is 3. The van der Waals surface area contributed by atoms with E-state index in [1.807, 2.05) is 0 Å². The summed E-state index contributed by atoms with van der Waals surface area (Å²) in [4.78, 5) is 20.6. The number of hydrogen-bond donors (Lipinski definition) is 1. The van der Waals surface area contributed by atoms with Crippen LogP contribution in [0.4, 0.5) is 18.9 Å². The van der Waals surface area contributed by atoms with Crippen molar-refractivity contribution in [3.05, 3.63) is 77.4 Å². The maximum absolute atomic E-state index is 13.6. The van der Waals surface area contributed by atoms with Crippen molar-refractivity contribution in [1.29, 1.82) is 0 Å². The van der Waals surface area contributed by atoms with Crippen LogP contribution in [0.5, 0.6) is 0 Å². The van der Waals surface area contributed by atoms with Crippen LogP contribution in [0.2, 0.25) is 0 Å². The smallest absolute Gasteiger partial charge is 0.259 e. The van der Waals surface area contributed by atoms with Gasteiger partial charge in [-0.05, 0) is 43.3 Å². The Balaban J connectivity index is 1.85. The summed E-state index contributed by atoms with van der Waals surface area (Å²) in [5.41, 5.74) is 0.971. The highest BCUT2D eigenvalue weighted by Gasteiger charge is 2.15. The molecule has 1 aromatic heterocycles. The van der Waals surface area contributed by atoms with Gasteiger partial charge in [-0.1, -0.05) is 0 Å². The lowest BCUT2D eigenvalue weighted by Crippen LogP contribution is -2.16. The molecular weight excluding hydrogens is 331 g/mol. The normalized spacial score (nSPS) is 10.6. The number of amides is 1. The average molecular weight is 343 g/mol. The van der Waals surface area contributed by atoms with Crippen LogP contribution in [0.3, 0.4) is 0 Å². The van der Waals surface area contributed by atoms with E-state index in [0.717, 1.165) is 12.1 Å². The minimum Gasteiger partial charge on any atom is -0.319 e. The monoisotopic (exact) mass is 343 g/mol. The lowest BCUT2D eigenvalue weighted by Gasteiger charge is -2.09. The van der Waals surface area contributed by atoms with Crippen LogP contribution >= 0.6 is 0 Å². The Hall–Kier alpha value is -3.22. The van der Waals surface area contributed by atoms with Gasteiger partial charge in [-0.2, -0.15) is 0 Å². The van der Waals surface area contributed by atoms with Crippen LogP contribution in [0.25, 0.3) is 11.4 Å². The molecule has 0 atom stereocenters. The molecule has 3 rings (SSSR count). The van der Waals surface area contributed by atoms with Gasteiger partial charge in [0, 0.05) is 17.8 Å². The van der Waals surface area contributed by atoms with E-state index in [2.05, 4.69) is 15.3 Å². The second-order valence-corrected chi connectivity index (χ2v) is 5.28. The van der Waals surface area contributed by atoms with Gasteiger partial charge in [0.15, 0.2) is 5.82 Å². The zero-order chi connectivity index (χ0) is 18.0. The fraction of sp³-hybridized carbons (Fsp3) is 0.0556. The van der Waals surface area contributed by atoms with Gasteiger partial charge < -0.3 is 5.32 Å². The van der Waals surface area contributed by atoms with Gasteiger partial charge in [0.1, 0.15) is 17.5 Å². The van der Waals surface area contributed by atoms with Crippen LogP contribution in [0, 0.1) is 24.4 Å². The minimum atomic E-state index is -0.880. The van der Waals surface area contributed by atoms with Crippen molar-refractivity contribution in [2.45, 2.75) is 6.92 Å². The Morgan fingerprint density at radius 1 is 1.00 bits per heavy atom. The lowest BCUT2D eigenvalue weighted by molar-refractivity contribution is 0.102. The molecule has 1 N–H and O–H groups in total. The van der Waals surface area contributed by atoms with E-state index in [1.165, 1.54) is 30.5 Å². The van der Waals surface area contributed by atoms with Crippen LogP contribution in [-0.4, -0.2) is 15.9 Å². The summed E-state index contributed by atoms with van der Waals surface area (Å²) in [6.45, 7) is 1.60. The van der Waals surface area contributed by atoms with Crippen LogP contribution < -0.4 is 5.32 Å². The van der Waals surface area contributed by atoms with E-state index >= 15 is 0 Å². The van der Waals surface area contributed by atoms with Gasteiger partial charge in [0.2, 0.25) is 0 Å². The number of hydrogen-bond acceptors (Lipinski definition) is 3. The van der Waals surface area contributed by atoms with E-state index in [1.54, 1.807) is 6.92 Å². The molecule has 0 spiro atoms. The van der Waals surface area contributed by atoms with Crippen molar-refractivity contribution >= 4 is 11.6 Å². The third kappa shape index (κ3) is 3.65. The van der Waals surface area contributed by atoms with Crippen molar-refractivity contribution < 1.29 is 18.0 Å². The summed E-state index contributed by atoms with van der Waals surface area (Å²) < 4.78 is 39.5. The summed E-state index contributed by atoms with van der Waals surface area (Å²) in [7, 11) is 0. The fourth-order valence-corrected chi connectivity index (χ4v) is 2.21. The van der Waals surface area contributed by atoms with Crippen molar-refractivity contribution in [3.8, 4) is 11.4 Å². The number of halogens is 3. The van der Waals surface area contributed by atoms with Crippen molar-refractivity contribution in [2.24, 2.45) is 0 Å². The first kappa shape index (κ1) is 16.6. The van der Waals surface area contributed by atoms with Crippen molar-refractivity contribution in [2.75, 3.05) is 5.32 Å². The average Bonchev–Trinajstić information content (AvgIpc) is 2.58. The van der Waals surface area contributed by atoms with Gasteiger partial charge in [0.25, 0.3) is 5.91 Å². The van der Waals surface area contributed by atoms with Gasteiger partial charge in [-0.15, -0.1) is 0 Å². The summed E-state index contributed by atoms with van der Waals surface area (Å²) in [6, 6.07) is 8.47. The predicted molar refractivity (Wildman–Crippen MR) is 86.5 cm³/mol. The van der Waals surface area contributed by atoms with Gasteiger partial charge in [-0.3, -0.25) is 4.79 Å². The first-order valence-corrected chi connectivity index (χ1v) is 7.30. The molecule has 0 aliphatic heterocycles. The zero-order valence-corrected chi connectivity index (χ0v) is 13.1. The molecule has 0 fully saturated rings. The fourth-order valence-electron chi connectivity index (χ4n) is 2.21. The van der Waals surface area contributed by atoms with Gasteiger partial charge in [-0.25, -0.2) is 23.1 Å². The first-order valence-electron chi connectivity index (χ1n) is 7.30. The molecule has 7 heteroatoms. The van der Waals surface area contributed by atoms with Crippen LogP contribution in [-0.2, 0) is 0 Å². The summed E-state index contributed by atoms with van der Waals surface area (Å²) >= 11 is 0. The Morgan fingerprint density at radius 3 is 2.32 bits per heavy atom. The topological polar surface area (TPSA) is 54.9 Å². The number of aryl methyl sites for hydroxylation is 1. The first-order chi connectivity index (χ1) is 11.9. The predicted octanol–water partition coefficient (Wildman–Crippen LogP) is 4.12. The third-order valence-corrected chi connectivity index (χ3v) is 3.51. The largest absolute Gasteiger partial charge is 0.319 e. The maximum atomic E-state index is 13.6. The molecule has 1 heterocycles. The number of carbonyl (C=O) groups is 1. The zero-order valence-electron chi connectivity index (χ0n) is 13.1. The summed E-state index contributed by atoms with van der Waals surface area (Å²) in [6.07, 6.45) is 1.30. The van der Waals surface area contributed by atoms with Crippen LogP contribution in [0.15, 0.2) is 48.7 Å².